The fraction of sp³-hybridized carbons (Fsp3) is 1.00. The van der Waals surface area contributed by atoms with E-state index in [-0.39, 0.29) is 20.1 Å². The molecule has 0 saturated heterocycles. The normalized spacial score (nSPS) is 16.6. The molecule has 14 heavy (non-hydrogen) atoms. The van der Waals surface area contributed by atoms with Gasteiger partial charge in [0.05, 0.1) is 21.1 Å². The Labute approximate surface area is 84.0 Å². The third-order valence-electron chi connectivity index (χ3n) is 1.07. The summed E-state index contributed by atoms with van der Waals surface area (Å²) in [4.78, 5) is 11.0. The zero-order valence-electron chi connectivity index (χ0n) is 8.73. The lowest BCUT2D eigenvalue weighted by Crippen LogP contribution is -2.37. The number of nitrogens with one attached hydrogen (secondary N) is 1. The van der Waals surface area contributed by atoms with Crippen molar-refractivity contribution >= 4 is 7.82 Å². The molecular weight excluding hydrogens is 209 g/mol. The molecule has 0 fully saturated rings. The summed E-state index contributed by atoms with van der Waals surface area (Å²) < 4.78 is 20.5. The van der Waals surface area contributed by atoms with Crippen LogP contribution in [0.1, 0.15) is 0 Å². The largest absolute Gasteiger partial charge is 0.756 e. The molecule has 0 aliphatic carbocycles. The second-order valence-corrected chi connectivity index (χ2v) is 5.13. The SMILES string of the molecule is C[N+](C)(C)COP(=O)([O-])OCNCN. The van der Waals surface area contributed by atoms with Crippen LogP contribution in [0.3, 0.4) is 0 Å². The van der Waals surface area contributed by atoms with Crippen molar-refractivity contribution in [2.24, 2.45) is 5.73 Å². The van der Waals surface area contributed by atoms with Crippen molar-refractivity contribution in [3.8, 4) is 0 Å². The van der Waals surface area contributed by atoms with Gasteiger partial charge in [0, 0.05) is 6.67 Å². The van der Waals surface area contributed by atoms with Gasteiger partial charge in [-0.3, -0.25) is 14.4 Å². The fourth-order valence-electron chi connectivity index (χ4n) is 0.465. The highest BCUT2D eigenvalue weighted by Gasteiger charge is 2.14. The van der Waals surface area contributed by atoms with Crippen molar-refractivity contribution in [2.45, 2.75) is 0 Å². The number of quaternary nitrogens is 1. The summed E-state index contributed by atoms with van der Waals surface area (Å²) in [5.74, 6) is 0. The summed E-state index contributed by atoms with van der Waals surface area (Å²) in [6.45, 7) is 0.00710. The van der Waals surface area contributed by atoms with E-state index in [0.717, 1.165) is 0 Å². The Morgan fingerprint density at radius 2 is 2.00 bits per heavy atom. The number of rotatable bonds is 7. The van der Waals surface area contributed by atoms with Crippen molar-refractivity contribution in [1.29, 1.82) is 0 Å². The minimum absolute atomic E-state index is 0.0312. The summed E-state index contributed by atoms with van der Waals surface area (Å²) >= 11 is 0. The van der Waals surface area contributed by atoms with E-state index in [2.05, 4.69) is 14.4 Å². The Kier molecular flexibility index (Phi) is 5.77. The van der Waals surface area contributed by atoms with E-state index in [0.29, 0.717) is 4.48 Å². The van der Waals surface area contributed by atoms with Gasteiger partial charge in [-0.2, -0.15) is 0 Å². The molecule has 0 aromatic rings. The number of hydrogen-bond donors (Lipinski definition) is 2. The Balaban J connectivity index is 3.78. The van der Waals surface area contributed by atoms with E-state index in [9.17, 15) is 9.46 Å². The van der Waals surface area contributed by atoms with Crippen LogP contribution in [0, 0.1) is 0 Å². The minimum atomic E-state index is -4.20. The summed E-state index contributed by atoms with van der Waals surface area (Å²) in [6.07, 6.45) is 0. The van der Waals surface area contributed by atoms with E-state index in [1.165, 1.54) is 0 Å². The van der Waals surface area contributed by atoms with Gasteiger partial charge in [0.25, 0.3) is 7.82 Å². The van der Waals surface area contributed by atoms with E-state index < -0.39 is 7.82 Å². The highest BCUT2D eigenvalue weighted by atomic mass is 31.2. The van der Waals surface area contributed by atoms with Crippen molar-refractivity contribution in [2.75, 3.05) is 41.3 Å². The number of nitrogens with zero attached hydrogens (tertiary/aromatic N) is 1. The number of phosphoric ester groups is 1. The maximum atomic E-state index is 11.0. The van der Waals surface area contributed by atoms with Gasteiger partial charge in [-0.25, -0.2) is 0 Å². The summed E-state index contributed by atoms with van der Waals surface area (Å²) in [5, 5.41) is 2.50. The first kappa shape index (κ1) is 14.0. The van der Waals surface area contributed by atoms with Crippen LogP contribution in [0.4, 0.5) is 0 Å². The van der Waals surface area contributed by atoms with Gasteiger partial charge in [0.2, 0.25) is 0 Å². The van der Waals surface area contributed by atoms with E-state index in [4.69, 9.17) is 5.73 Å². The molecule has 0 saturated carbocycles. The summed E-state index contributed by atoms with van der Waals surface area (Å²) in [5.41, 5.74) is 5.07. The topological polar surface area (TPSA) is 96.6 Å². The molecule has 0 aliphatic rings. The van der Waals surface area contributed by atoms with Gasteiger partial charge in [-0.05, 0) is 0 Å². The molecule has 3 N–H and O–H groups in total. The van der Waals surface area contributed by atoms with Crippen molar-refractivity contribution in [3.63, 3.8) is 0 Å². The molecule has 0 amide bonds. The molecule has 0 rings (SSSR count). The monoisotopic (exact) mass is 227 g/mol. The number of phosphoric acid groups is 1. The standard InChI is InChI=1S/C6H18N3O4P/c1-9(2,3)6-13-14(10,11)12-5-8-4-7/h8H,4-7H2,1-3H3. The molecule has 0 bridgehead atoms. The zero-order chi connectivity index (χ0) is 11.2. The van der Waals surface area contributed by atoms with Gasteiger partial charge in [-0.15, -0.1) is 0 Å². The third-order valence-corrected chi connectivity index (χ3v) is 1.95. The molecule has 8 heteroatoms. The molecule has 7 nitrogen and oxygen atoms in total. The molecule has 86 valence electrons. The lowest BCUT2D eigenvalue weighted by Gasteiger charge is -2.28. The average molecular weight is 227 g/mol. The maximum absolute atomic E-state index is 11.0. The van der Waals surface area contributed by atoms with Crippen LogP contribution in [-0.2, 0) is 13.6 Å². The quantitative estimate of drug-likeness (QED) is 0.241. The summed E-state index contributed by atoms with van der Waals surface area (Å²) in [7, 11) is 1.21. The predicted octanol–water partition coefficient (Wildman–Crippen LogP) is -1.38. The fourth-order valence-corrected chi connectivity index (χ4v) is 1.28. The second kappa shape index (κ2) is 5.77. The van der Waals surface area contributed by atoms with Gasteiger partial charge in [0.1, 0.15) is 6.73 Å². The van der Waals surface area contributed by atoms with Crippen LogP contribution in [0.2, 0.25) is 0 Å². The molecule has 0 radical (unpaired) electrons. The van der Waals surface area contributed by atoms with Crippen LogP contribution in [0.15, 0.2) is 0 Å². The number of hydrogen-bond acceptors (Lipinski definition) is 6. The minimum Gasteiger partial charge on any atom is -0.756 e. The van der Waals surface area contributed by atoms with E-state index >= 15 is 0 Å². The van der Waals surface area contributed by atoms with Crippen LogP contribution < -0.4 is 15.9 Å². The van der Waals surface area contributed by atoms with Crippen molar-refractivity contribution < 1.29 is 23.0 Å². The lowest BCUT2D eigenvalue weighted by molar-refractivity contribution is -0.887. The first-order chi connectivity index (χ1) is 6.27. The molecule has 0 aromatic heterocycles. The molecule has 0 spiro atoms. The molecule has 1 unspecified atom stereocenters. The molecule has 0 aromatic carbocycles. The van der Waals surface area contributed by atoms with Crippen LogP contribution in [-0.4, -0.2) is 45.8 Å². The maximum Gasteiger partial charge on any atom is 0.273 e. The van der Waals surface area contributed by atoms with Crippen molar-refractivity contribution in [1.82, 2.24) is 5.32 Å². The Bertz CT molecular complexity index is 206. The second-order valence-electron chi connectivity index (χ2n) is 3.72. The molecule has 0 aliphatic heterocycles. The van der Waals surface area contributed by atoms with Gasteiger partial charge >= 0.3 is 0 Å². The predicted molar refractivity (Wildman–Crippen MR) is 49.7 cm³/mol. The highest BCUT2D eigenvalue weighted by Crippen LogP contribution is 2.37. The molecule has 1 atom stereocenters. The van der Waals surface area contributed by atoms with E-state index in [1.807, 2.05) is 0 Å². The Morgan fingerprint density at radius 1 is 1.43 bits per heavy atom. The third kappa shape index (κ3) is 8.58. The zero-order valence-corrected chi connectivity index (χ0v) is 9.62. The molecular formula is C6H18N3O4P. The smallest absolute Gasteiger partial charge is 0.273 e. The van der Waals surface area contributed by atoms with Crippen molar-refractivity contribution in [3.05, 3.63) is 0 Å². The molecule has 0 heterocycles. The Hall–Kier alpha value is -0.0100. The van der Waals surface area contributed by atoms with Crippen LogP contribution in [0.5, 0.6) is 0 Å². The highest BCUT2D eigenvalue weighted by molar-refractivity contribution is 7.45. The lowest BCUT2D eigenvalue weighted by atomic mass is 10.7. The van der Waals surface area contributed by atoms with Crippen LogP contribution in [0.25, 0.3) is 0 Å². The Morgan fingerprint density at radius 3 is 2.43 bits per heavy atom. The average Bonchev–Trinajstić information content (AvgIpc) is 2.00. The summed E-state index contributed by atoms with van der Waals surface area (Å²) in [6, 6.07) is 0. The van der Waals surface area contributed by atoms with Gasteiger partial charge in [-0.1, -0.05) is 0 Å². The van der Waals surface area contributed by atoms with Crippen LogP contribution >= 0.6 is 7.82 Å². The first-order valence-corrected chi connectivity index (χ1v) is 5.54. The first-order valence-electron chi connectivity index (χ1n) is 4.08. The van der Waals surface area contributed by atoms with Gasteiger partial charge < -0.3 is 19.6 Å². The number of nitrogens with two attached hydrogens (primary N) is 1. The van der Waals surface area contributed by atoms with Gasteiger partial charge in [0.15, 0.2) is 6.73 Å². The van der Waals surface area contributed by atoms with E-state index in [1.54, 1.807) is 21.1 Å².